The van der Waals surface area contributed by atoms with Crippen LogP contribution in [0.2, 0.25) is 0 Å². The number of furan rings is 1. The van der Waals surface area contributed by atoms with Gasteiger partial charge in [0.15, 0.2) is 0 Å². The molecule has 35 heavy (non-hydrogen) atoms. The first kappa shape index (κ1) is 26.1. The molecule has 0 spiro atoms. The Kier molecular flexibility index (Phi) is 7.49. The average molecular weight is 512 g/mol. The Morgan fingerprint density at radius 2 is 1.74 bits per heavy atom. The first-order valence-electron chi connectivity index (χ1n) is 10.5. The van der Waals surface area contributed by atoms with Crippen LogP contribution >= 0.6 is 0 Å². The lowest BCUT2D eigenvalue weighted by Crippen LogP contribution is -2.34. The minimum absolute atomic E-state index is 0.0384. The molecule has 0 aliphatic rings. The normalized spacial score (nSPS) is 12.1. The fraction of sp³-hybridized carbons (Fsp3) is 0.292. The Morgan fingerprint density at radius 3 is 2.26 bits per heavy atom. The standard InChI is InChI=1S/C24H24F3NO6S/c1-15(2)13-28(35(31,32)22-11-4-16(3)34-22)20-10-9-19(24(25,26)27)12-21(20)33-14-17-5-7-18(8-6-17)23(29)30/h4-12,15H,13-14H2,1-3H3,(H,29,30). The van der Waals surface area contributed by atoms with E-state index in [-0.39, 0.29) is 41.2 Å². The maximum absolute atomic E-state index is 13.4. The molecule has 0 amide bonds. The first-order valence-corrected chi connectivity index (χ1v) is 12.0. The Bertz CT molecular complexity index is 1300. The van der Waals surface area contributed by atoms with Crippen molar-refractivity contribution in [2.75, 3.05) is 10.8 Å². The molecule has 0 aliphatic carbocycles. The molecule has 3 aromatic rings. The second kappa shape index (κ2) is 10.0. The van der Waals surface area contributed by atoms with Gasteiger partial charge in [0.2, 0.25) is 5.09 Å². The van der Waals surface area contributed by atoms with Crippen LogP contribution in [-0.4, -0.2) is 26.0 Å². The number of anilines is 1. The molecule has 0 saturated carbocycles. The van der Waals surface area contributed by atoms with Crippen molar-refractivity contribution in [3.63, 3.8) is 0 Å². The molecular formula is C24H24F3NO6S. The van der Waals surface area contributed by atoms with Gasteiger partial charge in [0.25, 0.3) is 10.0 Å². The van der Waals surface area contributed by atoms with Crippen LogP contribution in [0, 0.1) is 12.8 Å². The molecule has 2 aromatic carbocycles. The smallest absolute Gasteiger partial charge is 0.416 e. The second-order valence-electron chi connectivity index (χ2n) is 8.27. The zero-order valence-corrected chi connectivity index (χ0v) is 20.0. The fourth-order valence-corrected chi connectivity index (χ4v) is 4.83. The number of nitrogens with zero attached hydrogens (tertiary/aromatic N) is 1. The van der Waals surface area contributed by atoms with Gasteiger partial charge in [-0.05, 0) is 60.9 Å². The minimum atomic E-state index is -4.68. The molecule has 11 heteroatoms. The topological polar surface area (TPSA) is 97.0 Å². The zero-order valence-electron chi connectivity index (χ0n) is 19.2. The van der Waals surface area contributed by atoms with Crippen molar-refractivity contribution >= 4 is 21.7 Å². The van der Waals surface area contributed by atoms with Crippen LogP contribution in [0.3, 0.4) is 0 Å². The van der Waals surface area contributed by atoms with Gasteiger partial charge in [-0.3, -0.25) is 4.31 Å². The highest BCUT2D eigenvalue weighted by atomic mass is 32.2. The van der Waals surface area contributed by atoms with Gasteiger partial charge in [-0.25, -0.2) is 4.79 Å². The molecule has 0 unspecified atom stereocenters. The lowest BCUT2D eigenvalue weighted by Gasteiger charge is -2.27. The van der Waals surface area contributed by atoms with Gasteiger partial charge in [-0.1, -0.05) is 26.0 Å². The zero-order chi connectivity index (χ0) is 26.0. The Morgan fingerprint density at radius 1 is 1.09 bits per heavy atom. The van der Waals surface area contributed by atoms with E-state index >= 15 is 0 Å². The first-order chi connectivity index (χ1) is 16.3. The van der Waals surface area contributed by atoms with Crippen LogP contribution in [0.4, 0.5) is 18.9 Å². The summed E-state index contributed by atoms with van der Waals surface area (Å²) in [6.45, 7) is 4.85. The number of carboxylic acids is 1. The maximum Gasteiger partial charge on any atom is 0.416 e. The third-order valence-electron chi connectivity index (χ3n) is 4.94. The van der Waals surface area contributed by atoms with Crippen molar-refractivity contribution in [1.82, 2.24) is 0 Å². The van der Waals surface area contributed by atoms with Gasteiger partial charge < -0.3 is 14.3 Å². The number of alkyl halides is 3. The van der Waals surface area contributed by atoms with Gasteiger partial charge in [-0.2, -0.15) is 21.6 Å². The monoisotopic (exact) mass is 511 g/mol. The minimum Gasteiger partial charge on any atom is -0.487 e. The lowest BCUT2D eigenvalue weighted by molar-refractivity contribution is -0.137. The third-order valence-corrected chi connectivity index (χ3v) is 6.60. The van der Waals surface area contributed by atoms with Crippen molar-refractivity contribution in [1.29, 1.82) is 0 Å². The highest BCUT2D eigenvalue weighted by molar-refractivity contribution is 7.92. The molecule has 0 fully saturated rings. The van der Waals surface area contributed by atoms with Crippen molar-refractivity contribution in [2.24, 2.45) is 5.92 Å². The third kappa shape index (κ3) is 6.16. The summed E-state index contributed by atoms with van der Waals surface area (Å²) >= 11 is 0. The quantitative estimate of drug-likeness (QED) is 0.394. The molecule has 0 bridgehead atoms. The molecule has 7 nitrogen and oxygen atoms in total. The molecule has 188 valence electrons. The molecule has 3 rings (SSSR count). The van der Waals surface area contributed by atoms with Crippen molar-refractivity contribution in [3.05, 3.63) is 77.0 Å². The average Bonchev–Trinajstić information content (AvgIpc) is 3.22. The van der Waals surface area contributed by atoms with Crippen LogP contribution in [-0.2, 0) is 22.8 Å². The Hall–Kier alpha value is -3.47. The summed E-state index contributed by atoms with van der Waals surface area (Å²) in [6, 6.07) is 11.0. The summed E-state index contributed by atoms with van der Waals surface area (Å²) in [5.74, 6) is -1.24. The highest BCUT2D eigenvalue weighted by Crippen LogP contribution is 2.39. The van der Waals surface area contributed by atoms with Gasteiger partial charge >= 0.3 is 12.1 Å². The molecule has 0 aliphatic heterocycles. The number of hydrogen-bond acceptors (Lipinski definition) is 5. The van der Waals surface area contributed by atoms with Gasteiger partial charge in [0.05, 0.1) is 16.8 Å². The molecule has 0 radical (unpaired) electrons. The number of ether oxygens (including phenoxy) is 1. The van der Waals surface area contributed by atoms with Crippen molar-refractivity contribution in [2.45, 2.75) is 38.6 Å². The van der Waals surface area contributed by atoms with E-state index in [9.17, 15) is 26.4 Å². The van der Waals surface area contributed by atoms with Gasteiger partial charge in [-0.15, -0.1) is 0 Å². The fourth-order valence-electron chi connectivity index (χ4n) is 3.23. The number of halogens is 3. The largest absolute Gasteiger partial charge is 0.487 e. The van der Waals surface area contributed by atoms with E-state index in [2.05, 4.69) is 0 Å². The van der Waals surface area contributed by atoms with E-state index in [1.54, 1.807) is 20.8 Å². The Balaban J connectivity index is 2.06. The van der Waals surface area contributed by atoms with Crippen molar-refractivity contribution in [3.8, 4) is 5.75 Å². The molecule has 1 N–H and O–H groups in total. The summed E-state index contributed by atoms with van der Waals surface area (Å²) in [6.07, 6.45) is -4.68. The summed E-state index contributed by atoms with van der Waals surface area (Å²) in [7, 11) is -4.26. The van der Waals surface area contributed by atoms with Crippen LogP contribution in [0.1, 0.15) is 41.1 Å². The van der Waals surface area contributed by atoms with Gasteiger partial charge in [0, 0.05) is 6.54 Å². The Labute approximate surface area is 200 Å². The summed E-state index contributed by atoms with van der Waals surface area (Å²) in [5, 5.41) is 8.68. The van der Waals surface area contributed by atoms with E-state index in [1.807, 2.05) is 0 Å². The SMILES string of the molecule is Cc1ccc(S(=O)(=O)N(CC(C)C)c2ccc(C(F)(F)F)cc2OCc2ccc(C(=O)O)cc2)o1. The molecule has 1 heterocycles. The number of sulfonamides is 1. The van der Waals surface area contributed by atoms with E-state index in [4.69, 9.17) is 14.3 Å². The van der Waals surface area contributed by atoms with Crippen LogP contribution in [0.5, 0.6) is 5.75 Å². The van der Waals surface area contributed by atoms with Crippen LogP contribution in [0.25, 0.3) is 0 Å². The molecular weight excluding hydrogens is 487 g/mol. The molecule has 0 saturated heterocycles. The molecule has 0 atom stereocenters. The summed E-state index contributed by atoms with van der Waals surface area (Å²) < 4.78 is 79.1. The highest BCUT2D eigenvalue weighted by Gasteiger charge is 2.35. The number of rotatable bonds is 9. The van der Waals surface area contributed by atoms with E-state index in [0.717, 1.165) is 22.5 Å². The summed E-state index contributed by atoms with van der Waals surface area (Å²) in [4.78, 5) is 11.0. The number of carboxylic acid groups (broad SMARTS) is 1. The summed E-state index contributed by atoms with van der Waals surface area (Å²) in [5.41, 5.74) is -0.564. The predicted octanol–water partition coefficient (Wildman–Crippen LogP) is 5.74. The second-order valence-corrected chi connectivity index (χ2v) is 10.1. The number of aryl methyl sites for hydroxylation is 1. The van der Waals surface area contributed by atoms with Crippen LogP contribution in [0.15, 0.2) is 64.1 Å². The van der Waals surface area contributed by atoms with E-state index < -0.39 is 27.7 Å². The number of hydrogen-bond donors (Lipinski definition) is 1. The van der Waals surface area contributed by atoms with Gasteiger partial charge in [0.1, 0.15) is 18.1 Å². The molecule has 1 aromatic heterocycles. The number of benzene rings is 2. The van der Waals surface area contributed by atoms with Crippen LogP contribution < -0.4 is 9.04 Å². The number of carbonyl (C=O) groups is 1. The predicted molar refractivity (Wildman–Crippen MR) is 122 cm³/mol. The van der Waals surface area contributed by atoms with E-state index in [0.29, 0.717) is 11.3 Å². The van der Waals surface area contributed by atoms with E-state index in [1.165, 1.54) is 36.4 Å². The van der Waals surface area contributed by atoms with Crippen molar-refractivity contribution < 1.29 is 40.6 Å². The maximum atomic E-state index is 13.4. The number of aromatic carboxylic acids is 1. The lowest BCUT2D eigenvalue weighted by atomic mass is 10.1.